The SMILES string of the molecule is COC(=O)CCCC=CC[C@@H]1[C@@H](COCc2ccc(F)cc2)CC[C@@H]1OCc1ccc(-c2ccccc2)cc1. The van der Waals surface area contributed by atoms with Gasteiger partial charge in [0.05, 0.1) is 33.0 Å². The fraction of sp³-hybridized carbons (Fsp3) is 0.382. The summed E-state index contributed by atoms with van der Waals surface area (Å²) in [5, 5.41) is 0. The van der Waals surface area contributed by atoms with Crippen LogP contribution in [0, 0.1) is 17.7 Å². The van der Waals surface area contributed by atoms with Crippen molar-refractivity contribution in [3.63, 3.8) is 0 Å². The zero-order valence-corrected chi connectivity index (χ0v) is 22.8. The average Bonchev–Trinajstić information content (AvgIpc) is 3.36. The van der Waals surface area contributed by atoms with Gasteiger partial charge >= 0.3 is 5.97 Å². The quantitative estimate of drug-likeness (QED) is 0.121. The van der Waals surface area contributed by atoms with E-state index in [2.05, 4.69) is 60.7 Å². The summed E-state index contributed by atoms with van der Waals surface area (Å²) in [5.74, 6) is 0.361. The number of hydrogen-bond acceptors (Lipinski definition) is 4. The van der Waals surface area contributed by atoms with E-state index in [4.69, 9.17) is 14.2 Å². The molecular weight excluding hydrogens is 491 g/mol. The number of carbonyl (C=O) groups excluding carboxylic acids is 1. The van der Waals surface area contributed by atoms with Crippen molar-refractivity contribution in [2.45, 2.75) is 57.8 Å². The first kappa shape index (κ1) is 28.7. The summed E-state index contributed by atoms with van der Waals surface area (Å²) in [4.78, 5) is 11.3. The molecule has 3 aromatic rings. The molecule has 0 amide bonds. The highest BCUT2D eigenvalue weighted by Crippen LogP contribution is 2.38. The molecule has 4 rings (SSSR count). The van der Waals surface area contributed by atoms with Gasteiger partial charge in [0.2, 0.25) is 0 Å². The molecule has 0 aliphatic heterocycles. The minimum Gasteiger partial charge on any atom is -0.469 e. The van der Waals surface area contributed by atoms with Gasteiger partial charge in [0.1, 0.15) is 5.82 Å². The number of hydrogen-bond donors (Lipinski definition) is 0. The Morgan fingerprint density at radius 3 is 2.31 bits per heavy atom. The van der Waals surface area contributed by atoms with Crippen LogP contribution < -0.4 is 0 Å². The summed E-state index contributed by atoms with van der Waals surface area (Å²) < 4.78 is 30.5. The predicted octanol–water partition coefficient (Wildman–Crippen LogP) is 7.91. The van der Waals surface area contributed by atoms with Gasteiger partial charge in [0.25, 0.3) is 0 Å². The molecule has 0 radical (unpaired) electrons. The minimum absolute atomic E-state index is 0.164. The number of unbranched alkanes of at least 4 members (excludes halogenated alkanes) is 1. The third-order valence-electron chi connectivity index (χ3n) is 7.50. The van der Waals surface area contributed by atoms with Crippen LogP contribution in [-0.4, -0.2) is 25.8 Å². The summed E-state index contributed by atoms with van der Waals surface area (Å²) in [5.41, 5.74) is 4.56. The molecule has 3 atom stereocenters. The van der Waals surface area contributed by atoms with Crippen molar-refractivity contribution in [2.24, 2.45) is 11.8 Å². The van der Waals surface area contributed by atoms with E-state index in [1.54, 1.807) is 12.1 Å². The average molecular weight is 531 g/mol. The molecule has 0 bridgehead atoms. The highest BCUT2D eigenvalue weighted by molar-refractivity contribution is 5.69. The first-order valence-corrected chi connectivity index (χ1v) is 13.9. The maximum atomic E-state index is 13.2. The van der Waals surface area contributed by atoms with Gasteiger partial charge in [-0.05, 0) is 78.3 Å². The standard InChI is InChI=1S/C34H39FO4/c1-37-34(36)12-8-3-2-7-11-32-30(25-38-23-26-15-20-31(35)21-16-26)19-22-33(32)39-24-27-13-17-29(18-14-27)28-9-5-4-6-10-28/h2,4-7,9-10,13-18,20-21,30,32-33H,3,8,11-12,19,22-25H2,1H3/t30-,32-,33+/m1/s1. The van der Waals surface area contributed by atoms with Gasteiger partial charge < -0.3 is 14.2 Å². The van der Waals surface area contributed by atoms with Crippen molar-refractivity contribution in [3.05, 3.63) is 108 Å². The van der Waals surface area contributed by atoms with Gasteiger partial charge in [-0.2, -0.15) is 0 Å². The van der Waals surface area contributed by atoms with Crippen molar-refractivity contribution < 1.29 is 23.4 Å². The molecule has 0 spiro atoms. The third-order valence-corrected chi connectivity index (χ3v) is 7.50. The van der Waals surface area contributed by atoms with E-state index in [0.717, 1.165) is 37.7 Å². The van der Waals surface area contributed by atoms with E-state index in [9.17, 15) is 9.18 Å². The maximum absolute atomic E-state index is 13.2. The van der Waals surface area contributed by atoms with Crippen LogP contribution >= 0.6 is 0 Å². The largest absolute Gasteiger partial charge is 0.469 e. The number of allylic oxidation sites excluding steroid dienone is 2. The Morgan fingerprint density at radius 2 is 1.56 bits per heavy atom. The van der Waals surface area contributed by atoms with E-state index in [0.29, 0.717) is 38.1 Å². The lowest BCUT2D eigenvalue weighted by Crippen LogP contribution is -2.24. The zero-order chi connectivity index (χ0) is 27.3. The fourth-order valence-electron chi connectivity index (χ4n) is 5.24. The lowest BCUT2D eigenvalue weighted by Gasteiger charge is -2.24. The molecule has 0 aromatic heterocycles. The Bertz CT molecular complexity index is 1160. The van der Waals surface area contributed by atoms with E-state index in [1.807, 2.05) is 6.07 Å². The fourth-order valence-corrected chi connectivity index (χ4v) is 5.24. The van der Waals surface area contributed by atoms with Gasteiger partial charge in [0, 0.05) is 6.42 Å². The van der Waals surface area contributed by atoms with Crippen LogP contribution in [0.25, 0.3) is 11.1 Å². The Morgan fingerprint density at radius 1 is 0.872 bits per heavy atom. The Kier molecular flexibility index (Phi) is 11.3. The minimum atomic E-state index is -0.234. The molecule has 1 fully saturated rings. The lowest BCUT2D eigenvalue weighted by molar-refractivity contribution is -0.140. The van der Waals surface area contributed by atoms with Crippen molar-refractivity contribution >= 4 is 5.97 Å². The zero-order valence-electron chi connectivity index (χ0n) is 22.8. The summed E-state index contributed by atoms with van der Waals surface area (Å²) >= 11 is 0. The summed E-state index contributed by atoms with van der Waals surface area (Å²) in [6.07, 6.45) is 9.62. The van der Waals surface area contributed by atoms with Crippen LogP contribution in [0.4, 0.5) is 4.39 Å². The molecule has 5 heteroatoms. The molecular formula is C34H39FO4. The first-order chi connectivity index (χ1) is 19.1. The lowest BCUT2D eigenvalue weighted by atomic mass is 9.91. The number of methoxy groups -OCH3 is 1. The Labute approximate surface area is 231 Å². The Balaban J connectivity index is 1.31. The molecule has 0 N–H and O–H groups in total. The van der Waals surface area contributed by atoms with Crippen LogP contribution in [0.3, 0.4) is 0 Å². The monoisotopic (exact) mass is 530 g/mol. The van der Waals surface area contributed by atoms with Gasteiger partial charge in [-0.1, -0.05) is 78.9 Å². The highest BCUT2D eigenvalue weighted by atomic mass is 19.1. The molecule has 1 aliphatic rings. The summed E-state index contributed by atoms with van der Waals surface area (Å²) in [6.45, 7) is 1.72. The van der Waals surface area contributed by atoms with Crippen LogP contribution in [0.2, 0.25) is 0 Å². The number of halogens is 1. The Hall–Kier alpha value is -3.28. The van der Waals surface area contributed by atoms with Crippen molar-refractivity contribution in [1.29, 1.82) is 0 Å². The summed E-state index contributed by atoms with van der Waals surface area (Å²) in [7, 11) is 1.42. The second-order valence-electron chi connectivity index (χ2n) is 10.2. The molecule has 4 nitrogen and oxygen atoms in total. The third kappa shape index (κ3) is 9.15. The van der Waals surface area contributed by atoms with Gasteiger partial charge in [-0.3, -0.25) is 4.79 Å². The second-order valence-corrected chi connectivity index (χ2v) is 10.2. The number of carbonyl (C=O) groups is 1. The second kappa shape index (κ2) is 15.3. The summed E-state index contributed by atoms with van der Waals surface area (Å²) in [6, 6.07) is 25.5. The van der Waals surface area contributed by atoms with E-state index < -0.39 is 0 Å². The van der Waals surface area contributed by atoms with Crippen molar-refractivity contribution in [2.75, 3.05) is 13.7 Å². The molecule has 39 heavy (non-hydrogen) atoms. The van der Waals surface area contributed by atoms with Crippen molar-refractivity contribution in [1.82, 2.24) is 0 Å². The topological polar surface area (TPSA) is 44.8 Å². The van der Waals surface area contributed by atoms with E-state index >= 15 is 0 Å². The molecule has 1 aliphatic carbocycles. The van der Waals surface area contributed by atoms with Gasteiger partial charge in [0.15, 0.2) is 0 Å². The van der Waals surface area contributed by atoms with Crippen LogP contribution in [0.1, 0.15) is 49.7 Å². The molecule has 0 heterocycles. The maximum Gasteiger partial charge on any atom is 0.305 e. The number of ether oxygens (including phenoxy) is 3. The number of benzene rings is 3. The first-order valence-electron chi connectivity index (χ1n) is 13.9. The highest BCUT2D eigenvalue weighted by Gasteiger charge is 2.36. The van der Waals surface area contributed by atoms with E-state index in [1.165, 1.54) is 35.9 Å². The van der Waals surface area contributed by atoms with Crippen molar-refractivity contribution in [3.8, 4) is 11.1 Å². The molecule has 1 saturated carbocycles. The van der Waals surface area contributed by atoms with Gasteiger partial charge in [-0.15, -0.1) is 0 Å². The van der Waals surface area contributed by atoms with Crippen LogP contribution in [-0.2, 0) is 32.2 Å². The number of rotatable bonds is 14. The van der Waals surface area contributed by atoms with E-state index in [-0.39, 0.29) is 17.9 Å². The van der Waals surface area contributed by atoms with Crippen LogP contribution in [0.15, 0.2) is 91.0 Å². The molecule has 0 saturated heterocycles. The van der Waals surface area contributed by atoms with Gasteiger partial charge in [-0.25, -0.2) is 4.39 Å². The smallest absolute Gasteiger partial charge is 0.305 e. The molecule has 0 unspecified atom stereocenters. The molecule has 3 aromatic carbocycles. The normalized spacial score (nSPS) is 19.0. The predicted molar refractivity (Wildman–Crippen MR) is 152 cm³/mol. The van der Waals surface area contributed by atoms with Crippen LogP contribution in [0.5, 0.6) is 0 Å². The number of esters is 1. The molecule has 206 valence electrons.